The van der Waals surface area contributed by atoms with Gasteiger partial charge in [-0.2, -0.15) is 0 Å². The molecule has 0 aliphatic rings. The molecule has 0 amide bonds. The second-order valence-electron chi connectivity index (χ2n) is 5.41. The molecule has 2 rings (SSSR count). The molecule has 0 bridgehead atoms. The fourth-order valence-electron chi connectivity index (χ4n) is 2.28. The number of carboxylic acid groups (broad SMARTS) is 1. The van der Waals surface area contributed by atoms with Crippen molar-refractivity contribution in [2.45, 2.75) is 26.2 Å². The maximum Gasteiger partial charge on any atom is 0.336 e. The molecule has 0 unspecified atom stereocenters. The number of aromatic carboxylic acids is 1. The molecule has 0 heterocycles. The Balaban J connectivity index is 2.93. The molecular weight excluding hydrogens is 231 g/mol. The molecular formula is C15H15FO2. The molecule has 2 nitrogen and oxygen atoms in total. The summed E-state index contributed by atoms with van der Waals surface area (Å²) in [4.78, 5) is 11.3. The fourth-order valence-corrected chi connectivity index (χ4v) is 2.28. The molecule has 2 aromatic rings. The number of carbonyl (C=O) groups is 1. The molecule has 0 atom stereocenters. The van der Waals surface area contributed by atoms with Crippen LogP contribution in [0.15, 0.2) is 30.3 Å². The van der Waals surface area contributed by atoms with Crippen LogP contribution in [0.2, 0.25) is 0 Å². The molecule has 0 saturated heterocycles. The third-order valence-electron chi connectivity index (χ3n) is 2.96. The predicted octanol–water partition coefficient (Wildman–Crippen LogP) is 3.97. The predicted molar refractivity (Wildman–Crippen MR) is 69.6 cm³/mol. The third kappa shape index (κ3) is 2.08. The van der Waals surface area contributed by atoms with Gasteiger partial charge in [0.2, 0.25) is 0 Å². The number of hydrogen-bond donors (Lipinski definition) is 1. The van der Waals surface area contributed by atoms with E-state index in [2.05, 4.69) is 0 Å². The van der Waals surface area contributed by atoms with E-state index in [1.54, 1.807) is 18.2 Å². The van der Waals surface area contributed by atoms with Crippen molar-refractivity contribution < 1.29 is 14.3 Å². The van der Waals surface area contributed by atoms with Gasteiger partial charge < -0.3 is 5.11 Å². The quantitative estimate of drug-likeness (QED) is 0.826. The minimum Gasteiger partial charge on any atom is -0.478 e. The van der Waals surface area contributed by atoms with Crippen LogP contribution >= 0.6 is 0 Å². The molecule has 0 spiro atoms. The van der Waals surface area contributed by atoms with Crippen LogP contribution in [0.3, 0.4) is 0 Å². The van der Waals surface area contributed by atoms with Crippen LogP contribution < -0.4 is 0 Å². The van der Waals surface area contributed by atoms with E-state index in [-0.39, 0.29) is 16.8 Å². The van der Waals surface area contributed by atoms with Crippen LogP contribution in [0.25, 0.3) is 10.8 Å². The topological polar surface area (TPSA) is 37.3 Å². The highest BCUT2D eigenvalue weighted by atomic mass is 19.1. The largest absolute Gasteiger partial charge is 0.478 e. The van der Waals surface area contributed by atoms with Gasteiger partial charge in [-0.15, -0.1) is 0 Å². The first-order chi connectivity index (χ1) is 8.30. The average molecular weight is 246 g/mol. The Kier molecular flexibility index (Phi) is 2.85. The summed E-state index contributed by atoms with van der Waals surface area (Å²) in [5.74, 6) is -1.33. The summed E-state index contributed by atoms with van der Waals surface area (Å²) in [5, 5.41) is 10.8. The summed E-state index contributed by atoms with van der Waals surface area (Å²) in [6.07, 6.45) is 0. The lowest BCUT2D eigenvalue weighted by atomic mass is 9.80. The van der Waals surface area contributed by atoms with Crippen LogP contribution in [-0.4, -0.2) is 11.1 Å². The van der Waals surface area contributed by atoms with Gasteiger partial charge >= 0.3 is 5.97 Å². The second kappa shape index (κ2) is 4.09. The Morgan fingerprint density at radius 3 is 2.33 bits per heavy atom. The van der Waals surface area contributed by atoms with Gasteiger partial charge in [0.1, 0.15) is 5.82 Å². The summed E-state index contributed by atoms with van der Waals surface area (Å²) < 4.78 is 13.4. The molecule has 0 aliphatic carbocycles. The van der Waals surface area contributed by atoms with Crippen molar-refractivity contribution in [3.63, 3.8) is 0 Å². The lowest BCUT2D eigenvalue weighted by molar-refractivity contribution is 0.0694. The molecule has 1 N–H and O–H groups in total. The SMILES string of the molecule is CC(C)(C)c1c(C(=O)O)ccc2ccc(F)cc12. The Bertz CT molecular complexity index is 624. The van der Waals surface area contributed by atoms with E-state index >= 15 is 0 Å². The maximum atomic E-state index is 13.4. The van der Waals surface area contributed by atoms with Gasteiger partial charge in [0, 0.05) is 0 Å². The molecule has 18 heavy (non-hydrogen) atoms. The highest BCUT2D eigenvalue weighted by molar-refractivity contribution is 5.98. The van der Waals surface area contributed by atoms with Gasteiger partial charge in [-0.05, 0) is 39.9 Å². The minimum atomic E-state index is -0.980. The molecule has 0 aliphatic heterocycles. The van der Waals surface area contributed by atoms with Gasteiger partial charge in [0.15, 0.2) is 0 Å². The van der Waals surface area contributed by atoms with Crippen molar-refractivity contribution in [1.29, 1.82) is 0 Å². The van der Waals surface area contributed by atoms with Gasteiger partial charge in [0.05, 0.1) is 5.56 Å². The monoisotopic (exact) mass is 246 g/mol. The number of hydrogen-bond acceptors (Lipinski definition) is 1. The zero-order chi connectivity index (χ0) is 13.5. The molecule has 2 aromatic carbocycles. The van der Waals surface area contributed by atoms with Crippen molar-refractivity contribution in [1.82, 2.24) is 0 Å². The summed E-state index contributed by atoms with van der Waals surface area (Å²) in [7, 11) is 0. The zero-order valence-electron chi connectivity index (χ0n) is 10.6. The number of halogens is 1. The van der Waals surface area contributed by atoms with E-state index in [1.165, 1.54) is 12.1 Å². The van der Waals surface area contributed by atoms with E-state index in [1.807, 2.05) is 20.8 Å². The molecule has 3 heteroatoms. The third-order valence-corrected chi connectivity index (χ3v) is 2.96. The van der Waals surface area contributed by atoms with Gasteiger partial charge in [-0.1, -0.05) is 32.9 Å². The average Bonchev–Trinajstić information content (AvgIpc) is 2.25. The van der Waals surface area contributed by atoms with Crippen molar-refractivity contribution in [2.24, 2.45) is 0 Å². The summed E-state index contributed by atoms with van der Waals surface area (Å²) in [5.41, 5.74) is 0.550. The lowest BCUT2D eigenvalue weighted by Gasteiger charge is -2.23. The molecule has 0 radical (unpaired) electrons. The van der Waals surface area contributed by atoms with E-state index in [0.29, 0.717) is 10.9 Å². The number of rotatable bonds is 1. The number of fused-ring (bicyclic) bond motifs is 1. The molecule has 0 aromatic heterocycles. The maximum absolute atomic E-state index is 13.4. The van der Waals surface area contributed by atoms with Crippen molar-refractivity contribution in [3.8, 4) is 0 Å². The van der Waals surface area contributed by atoms with Crippen LogP contribution in [0.4, 0.5) is 4.39 Å². The first-order valence-corrected chi connectivity index (χ1v) is 5.77. The highest BCUT2D eigenvalue weighted by Gasteiger charge is 2.24. The zero-order valence-corrected chi connectivity index (χ0v) is 10.6. The van der Waals surface area contributed by atoms with Gasteiger partial charge in [0.25, 0.3) is 0 Å². The molecule has 0 fully saturated rings. The molecule has 0 saturated carbocycles. The smallest absolute Gasteiger partial charge is 0.336 e. The van der Waals surface area contributed by atoms with Gasteiger partial charge in [-0.3, -0.25) is 0 Å². The van der Waals surface area contributed by atoms with E-state index in [4.69, 9.17) is 0 Å². The minimum absolute atomic E-state index is 0.237. The van der Waals surface area contributed by atoms with Crippen molar-refractivity contribution in [2.75, 3.05) is 0 Å². The first kappa shape index (κ1) is 12.6. The highest BCUT2D eigenvalue weighted by Crippen LogP contribution is 2.33. The Morgan fingerprint density at radius 2 is 1.78 bits per heavy atom. The van der Waals surface area contributed by atoms with E-state index < -0.39 is 5.97 Å². The normalized spacial score (nSPS) is 11.8. The van der Waals surface area contributed by atoms with E-state index in [0.717, 1.165) is 5.39 Å². The lowest BCUT2D eigenvalue weighted by Crippen LogP contribution is -2.17. The summed E-state index contributed by atoms with van der Waals surface area (Å²) in [6.45, 7) is 5.79. The Labute approximate surface area is 105 Å². The van der Waals surface area contributed by atoms with Crippen LogP contribution in [0.5, 0.6) is 0 Å². The van der Waals surface area contributed by atoms with Crippen molar-refractivity contribution in [3.05, 3.63) is 47.3 Å². The standard InChI is InChI=1S/C15H15FO2/c1-15(2,3)13-11(14(17)18)7-5-9-4-6-10(16)8-12(9)13/h4-8H,1-3H3,(H,17,18). The number of carboxylic acids is 1. The summed E-state index contributed by atoms with van der Waals surface area (Å²) >= 11 is 0. The van der Waals surface area contributed by atoms with Gasteiger partial charge in [-0.25, -0.2) is 9.18 Å². The number of benzene rings is 2. The van der Waals surface area contributed by atoms with Crippen LogP contribution in [0, 0.1) is 5.82 Å². The summed E-state index contributed by atoms with van der Waals surface area (Å²) in [6, 6.07) is 7.76. The van der Waals surface area contributed by atoms with Crippen LogP contribution in [0.1, 0.15) is 36.7 Å². The van der Waals surface area contributed by atoms with Crippen molar-refractivity contribution >= 4 is 16.7 Å². The Hall–Kier alpha value is -1.90. The fraction of sp³-hybridized carbons (Fsp3) is 0.267. The second-order valence-corrected chi connectivity index (χ2v) is 5.41. The Morgan fingerprint density at radius 1 is 1.17 bits per heavy atom. The molecule has 94 valence electrons. The van der Waals surface area contributed by atoms with E-state index in [9.17, 15) is 14.3 Å². The van der Waals surface area contributed by atoms with Crippen LogP contribution in [-0.2, 0) is 5.41 Å². The first-order valence-electron chi connectivity index (χ1n) is 5.77.